The minimum Gasteiger partial charge on any atom is -0.497 e. The van der Waals surface area contributed by atoms with Gasteiger partial charge in [0.05, 0.1) is 19.9 Å². The highest BCUT2D eigenvalue weighted by atomic mass is 19.1. The van der Waals surface area contributed by atoms with Crippen LogP contribution in [-0.2, 0) is 14.3 Å². The summed E-state index contributed by atoms with van der Waals surface area (Å²) in [5, 5.41) is 5.14. The zero-order valence-electron chi connectivity index (χ0n) is 17.7. The molecule has 2 rings (SSSR count). The quantitative estimate of drug-likeness (QED) is 0.591. The summed E-state index contributed by atoms with van der Waals surface area (Å²) in [6.07, 6.45) is 0. The number of methoxy groups -OCH3 is 2. The molecule has 166 valence electrons. The number of hydrogen-bond acceptors (Lipinski definition) is 6. The van der Waals surface area contributed by atoms with Crippen LogP contribution in [0.3, 0.4) is 0 Å². The van der Waals surface area contributed by atoms with Gasteiger partial charge in [0.1, 0.15) is 23.4 Å². The van der Waals surface area contributed by atoms with Crippen LogP contribution in [0.1, 0.15) is 24.2 Å². The Kier molecular flexibility index (Phi) is 8.36. The SMILES string of the molecule is COc1ccc(OC)c(NC(=O)COC(=O)[C@H](NC(=O)c2ccc(F)cc2)C(C)C)c1. The first kappa shape index (κ1) is 23.7. The lowest BCUT2D eigenvalue weighted by Gasteiger charge is -2.21. The van der Waals surface area contributed by atoms with E-state index >= 15 is 0 Å². The molecule has 2 amide bonds. The minimum atomic E-state index is -0.989. The van der Waals surface area contributed by atoms with Crippen LogP contribution in [0.4, 0.5) is 10.1 Å². The Hall–Kier alpha value is -3.62. The molecule has 1 atom stereocenters. The molecule has 0 fully saturated rings. The summed E-state index contributed by atoms with van der Waals surface area (Å²) >= 11 is 0. The molecule has 0 aromatic heterocycles. The van der Waals surface area contributed by atoms with E-state index < -0.39 is 36.2 Å². The fraction of sp³-hybridized carbons (Fsp3) is 0.318. The van der Waals surface area contributed by atoms with Gasteiger partial charge < -0.3 is 24.8 Å². The molecule has 0 aliphatic carbocycles. The van der Waals surface area contributed by atoms with Crippen molar-refractivity contribution in [1.29, 1.82) is 0 Å². The zero-order valence-corrected chi connectivity index (χ0v) is 17.7. The number of hydrogen-bond donors (Lipinski definition) is 2. The van der Waals surface area contributed by atoms with E-state index in [9.17, 15) is 18.8 Å². The number of amides is 2. The summed E-state index contributed by atoms with van der Waals surface area (Å²) in [5.41, 5.74) is 0.552. The van der Waals surface area contributed by atoms with E-state index in [0.29, 0.717) is 17.2 Å². The van der Waals surface area contributed by atoms with E-state index in [4.69, 9.17) is 14.2 Å². The highest BCUT2D eigenvalue weighted by molar-refractivity contribution is 5.98. The highest BCUT2D eigenvalue weighted by Gasteiger charge is 2.27. The van der Waals surface area contributed by atoms with Crippen molar-refractivity contribution in [1.82, 2.24) is 5.32 Å². The normalized spacial score (nSPS) is 11.4. The van der Waals surface area contributed by atoms with Crippen LogP contribution >= 0.6 is 0 Å². The van der Waals surface area contributed by atoms with Gasteiger partial charge in [-0.3, -0.25) is 9.59 Å². The van der Waals surface area contributed by atoms with Crippen LogP contribution in [0.5, 0.6) is 11.5 Å². The summed E-state index contributed by atoms with van der Waals surface area (Å²) in [6.45, 7) is 2.88. The summed E-state index contributed by atoms with van der Waals surface area (Å²) in [4.78, 5) is 37.0. The van der Waals surface area contributed by atoms with Crippen molar-refractivity contribution in [2.24, 2.45) is 5.92 Å². The third-order valence-electron chi connectivity index (χ3n) is 4.34. The van der Waals surface area contributed by atoms with Crippen molar-refractivity contribution in [3.8, 4) is 11.5 Å². The lowest BCUT2D eigenvalue weighted by molar-refractivity contribution is -0.150. The number of esters is 1. The third kappa shape index (κ3) is 6.70. The van der Waals surface area contributed by atoms with Gasteiger partial charge in [-0.15, -0.1) is 0 Å². The van der Waals surface area contributed by atoms with Crippen molar-refractivity contribution in [3.63, 3.8) is 0 Å². The average Bonchev–Trinajstić information content (AvgIpc) is 2.75. The molecule has 0 unspecified atom stereocenters. The smallest absolute Gasteiger partial charge is 0.329 e. The number of anilines is 1. The Morgan fingerprint density at radius 3 is 2.26 bits per heavy atom. The number of rotatable bonds is 9. The summed E-state index contributed by atoms with van der Waals surface area (Å²) < 4.78 is 28.4. The Balaban J connectivity index is 1.97. The average molecular weight is 432 g/mol. The van der Waals surface area contributed by atoms with Crippen molar-refractivity contribution in [2.75, 3.05) is 26.1 Å². The summed E-state index contributed by atoms with van der Waals surface area (Å²) in [6, 6.07) is 8.79. The number of nitrogens with one attached hydrogen (secondary N) is 2. The Labute approximate surface area is 179 Å². The van der Waals surface area contributed by atoms with Crippen LogP contribution in [0.15, 0.2) is 42.5 Å². The van der Waals surface area contributed by atoms with Gasteiger partial charge in [-0.05, 0) is 42.3 Å². The highest BCUT2D eigenvalue weighted by Crippen LogP contribution is 2.28. The first-order chi connectivity index (χ1) is 14.7. The van der Waals surface area contributed by atoms with Gasteiger partial charge >= 0.3 is 5.97 Å². The Morgan fingerprint density at radius 1 is 1.00 bits per heavy atom. The van der Waals surface area contributed by atoms with Gasteiger partial charge in [-0.1, -0.05) is 13.8 Å². The van der Waals surface area contributed by atoms with E-state index in [1.807, 2.05) is 0 Å². The molecule has 31 heavy (non-hydrogen) atoms. The standard InChI is InChI=1S/C22H25FN2O6/c1-13(2)20(25-21(27)14-5-7-15(23)8-6-14)22(28)31-12-19(26)24-17-11-16(29-3)9-10-18(17)30-4/h5-11,13,20H,12H2,1-4H3,(H,24,26)(H,25,27)/t20-/m1/s1. The van der Waals surface area contributed by atoms with Crippen molar-refractivity contribution >= 4 is 23.5 Å². The molecule has 0 spiro atoms. The predicted molar refractivity (Wildman–Crippen MR) is 112 cm³/mol. The topological polar surface area (TPSA) is 103 Å². The lowest BCUT2D eigenvalue weighted by atomic mass is 10.0. The lowest BCUT2D eigenvalue weighted by Crippen LogP contribution is -2.45. The molecule has 2 aromatic carbocycles. The van der Waals surface area contributed by atoms with Crippen LogP contribution in [0.25, 0.3) is 0 Å². The first-order valence-electron chi connectivity index (χ1n) is 9.50. The molecular weight excluding hydrogens is 407 g/mol. The van der Waals surface area contributed by atoms with E-state index in [1.165, 1.54) is 26.4 Å². The number of benzene rings is 2. The van der Waals surface area contributed by atoms with Gasteiger partial charge in [0.15, 0.2) is 6.61 Å². The summed E-state index contributed by atoms with van der Waals surface area (Å²) in [7, 11) is 2.94. The maximum Gasteiger partial charge on any atom is 0.329 e. The third-order valence-corrected chi connectivity index (χ3v) is 4.34. The molecule has 0 saturated carbocycles. The molecule has 0 radical (unpaired) electrons. The fourth-order valence-electron chi connectivity index (χ4n) is 2.65. The van der Waals surface area contributed by atoms with Gasteiger partial charge in [0.2, 0.25) is 0 Å². The number of carbonyl (C=O) groups excluding carboxylic acids is 3. The molecular formula is C22H25FN2O6. The maximum atomic E-state index is 13.0. The molecule has 2 aromatic rings. The van der Waals surface area contributed by atoms with Gasteiger partial charge in [-0.2, -0.15) is 0 Å². The van der Waals surface area contributed by atoms with Crippen molar-refractivity contribution in [3.05, 3.63) is 53.8 Å². The largest absolute Gasteiger partial charge is 0.497 e. The molecule has 0 heterocycles. The van der Waals surface area contributed by atoms with Gasteiger partial charge in [-0.25, -0.2) is 9.18 Å². The zero-order chi connectivity index (χ0) is 23.0. The Morgan fingerprint density at radius 2 is 1.68 bits per heavy atom. The first-order valence-corrected chi connectivity index (χ1v) is 9.50. The fourth-order valence-corrected chi connectivity index (χ4v) is 2.65. The second-order valence-corrected chi connectivity index (χ2v) is 6.92. The van der Waals surface area contributed by atoms with Crippen LogP contribution in [0.2, 0.25) is 0 Å². The summed E-state index contributed by atoms with van der Waals surface area (Å²) in [5.74, 6) is -1.77. The van der Waals surface area contributed by atoms with E-state index in [-0.39, 0.29) is 11.5 Å². The van der Waals surface area contributed by atoms with Crippen molar-refractivity contribution in [2.45, 2.75) is 19.9 Å². The molecule has 0 aliphatic rings. The maximum absolute atomic E-state index is 13.0. The van der Waals surface area contributed by atoms with Crippen LogP contribution in [0, 0.1) is 11.7 Å². The second-order valence-electron chi connectivity index (χ2n) is 6.92. The monoisotopic (exact) mass is 432 g/mol. The number of halogens is 1. The van der Waals surface area contributed by atoms with E-state index in [1.54, 1.807) is 32.0 Å². The van der Waals surface area contributed by atoms with E-state index in [2.05, 4.69) is 10.6 Å². The minimum absolute atomic E-state index is 0.197. The van der Waals surface area contributed by atoms with E-state index in [0.717, 1.165) is 12.1 Å². The Bertz CT molecular complexity index is 930. The van der Waals surface area contributed by atoms with Gasteiger partial charge in [0.25, 0.3) is 11.8 Å². The molecule has 8 nitrogen and oxygen atoms in total. The number of ether oxygens (including phenoxy) is 3. The van der Waals surface area contributed by atoms with Crippen LogP contribution < -0.4 is 20.1 Å². The van der Waals surface area contributed by atoms with Crippen molar-refractivity contribution < 1.29 is 33.0 Å². The van der Waals surface area contributed by atoms with Gasteiger partial charge in [0, 0.05) is 11.6 Å². The number of carbonyl (C=O) groups is 3. The second kappa shape index (κ2) is 11.0. The molecule has 0 bridgehead atoms. The molecule has 9 heteroatoms. The molecule has 2 N–H and O–H groups in total. The molecule has 0 saturated heterocycles. The predicted octanol–water partition coefficient (Wildman–Crippen LogP) is 2.78. The molecule has 0 aliphatic heterocycles. The van der Waals surface area contributed by atoms with Crippen LogP contribution in [-0.4, -0.2) is 44.7 Å².